The molecule has 0 spiro atoms. The quantitative estimate of drug-likeness (QED) is 0.227. The first-order chi connectivity index (χ1) is 16.3. The second kappa shape index (κ2) is 11.2. The van der Waals surface area contributed by atoms with Gasteiger partial charge in [-0.25, -0.2) is 4.39 Å². The summed E-state index contributed by atoms with van der Waals surface area (Å²) in [6.45, 7) is 11.5. The van der Waals surface area contributed by atoms with Crippen molar-refractivity contribution in [3.8, 4) is 5.75 Å². The Morgan fingerprint density at radius 1 is 1.23 bits per heavy atom. The fourth-order valence-corrected chi connectivity index (χ4v) is 4.31. The Kier molecular flexibility index (Phi) is 9.11. The minimum atomic E-state index is -4.96. The van der Waals surface area contributed by atoms with Crippen molar-refractivity contribution in [2.45, 2.75) is 64.7 Å². The zero-order valence-electron chi connectivity index (χ0n) is 20.9. The molecular weight excluding hydrogens is 460 g/mol. The van der Waals surface area contributed by atoms with Crippen molar-refractivity contribution in [2.75, 3.05) is 13.2 Å². The highest BCUT2D eigenvalue weighted by Gasteiger charge is 2.56. The summed E-state index contributed by atoms with van der Waals surface area (Å²) in [4.78, 5) is 4.23. The number of aliphatic hydroxyl groups is 1. The highest BCUT2D eigenvalue weighted by Crippen LogP contribution is 2.45. The van der Waals surface area contributed by atoms with Crippen molar-refractivity contribution in [1.82, 2.24) is 5.32 Å². The predicted octanol–water partition coefficient (Wildman–Crippen LogP) is 6.32. The van der Waals surface area contributed by atoms with Crippen molar-refractivity contribution in [3.05, 3.63) is 76.9 Å². The number of benzene rings is 1. The van der Waals surface area contributed by atoms with Gasteiger partial charge in [0.05, 0.1) is 18.8 Å². The minimum Gasteiger partial charge on any atom is -0.493 e. The predicted molar refractivity (Wildman–Crippen MR) is 132 cm³/mol. The van der Waals surface area contributed by atoms with Crippen LogP contribution in [0, 0.1) is 5.82 Å². The second-order valence-corrected chi connectivity index (χ2v) is 9.08. The molecule has 0 bridgehead atoms. The maximum atomic E-state index is 14.3. The molecule has 4 nitrogen and oxygen atoms in total. The molecule has 0 saturated carbocycles. The van der Waals surface area contributed by atoms with Crippen LogP contribution in [0.2, 0.25) is 0 Å². The Bertz CT molecular complexity index is 1050. The normalized spacial score (nSPS) is 17.3. The summed E-state index contributed by atoms with van der Waals surface area (Å²) < 4.78 is 62.7. The van der Waals surface area contributed by atoms with Crippen LogP contribution in [0.1, 0.15) is 52.2 Å². The van der Waals surface area contributed by atoms with Crippen LogP contribution in [0.3, 0.4) is 0 Å². The van der Waals surface area contributed by atoms with Crippen LogP contribution in [0.15, 0.2) is 65.0 Å². The summed E-state index contributed by atoms with van der Waals surface area (Å²) in [6, 6.07) is 2.53. The molecular formula is C27H34F4N2O2. The third kappa shape index (κ3) is 6.42. The number of fused-ring (bicyclic) bond motifs is 1. The van der Waals surface area contributed by atoms with Crippen molar-refractivity contribution in [3.63, 3.8) is 0 Å². The number of allylic oxidation sites excluding steroid dienone is 4. The Labute approximate surface area is 204 Å². The van der Waals surface area contributed by atoms with Gasteiger partial charge in [-0.3, -0.25) is 4.99 Å². The van der Waals surface area contributed by atoms with Gasteiger partial charge in [0, 0.05) is 35.0 Å². The van der Waals surface area contributed by atoms with Crippen LogP contribution < -0.4 is 10.1 Å². The van der Waals surface area contributed by atoms with Crippen LogP contribution in [-0.2, 0) is 11.8 Å². The molecule has 1 aliphatic heterocycles. The number of aliphatic imine (C=N–C) groups is 1. The van der Waals surface area contributed by atoms with E-state index >= 15 is 0 Å². The number of nitrogens with zero attached hydrogens (tertiary/aromatic N) is 1. The zero-order valence-corrected chi connectivity index (χ0v) is 20.9. The van der Waals surface area contributed by atoms with E-state index in [-0.39, 0.29) is 0 Å². The van der Waals surface area contributed by atoms with E-state index in [2.05, 4.69) is 16.9 Å². The molecule has 0 aliphatic carbocycles. The van der Waals surface area contributed by atoms with Crippen LogP contribution >= 0.6 is 0 Å². The van der Waals surface area contributed by atoms with Gasteiger partial charge in [0.1, 0.15) is 11.6 Å². The van der Waals surface area contributed by atoms with E-state index in [1.165, 1.54) is 18.2 Å². The molecule has 8 heteroatoms. The number of rotatable bonds is 10. The van der Waals surface area contributed by atoms with Gasteiger partial charge in [-0.1, -0.05) is 38.7 Å². The number of nitrogens with one attached hydrogen (secondary N) is 1. The van der Waals surface area contributed by atoms with E-state index in [1.807, 2.05) is 0 Å². The van der Waals surface area contributed by atoms with Crippen molar-refractivity contribution in [1.29, 1.82) is 0 Å². The Balaban J connectivity index is 2.44. The molecule has 0 saturated heterocycles. The molecule has 0 radical (unpaired) electrons. The molecule has 1 aromatic rings. The SMILES string of the molecule is C=C/C(N=CC)=C(/C=C\C)C(=C/C)\NCC(O)(CC(C)(C)c1cc(F)cc2c1OCC2)C(F)(F)F. The molecule has 2 rings (SSSR count). The molecule has 1 atom stereocenters. The average molecular weight is 495 g/mol. The number of alkyl halides is 3. The lowest BCUT2D eigenvalue weighted by Crippen LogP contribution is -2.55. The van der Waals surface area contributed by atoms with Gasteiger partial charge in [0.15, 0.2) is 5.60 Å². The van der Waals surface area contributed by atoms with E-state index in [4.69, 9.17) is 4.74 Å². The molecule has 192 valence electrons. The highest BCUT2D eigenvalue weighted by molar-refractivity contribution is 5.58. The minimum absolute atomic E-state index is 0.305. The first-order valence-corrected chi connectivity index (χ1v) is 11.5. The highest BCUT2D eigenvalue weighted by atomic mass is 19.4. The Morgan fingerprint density at radius 3 is 2.46 bits per heavy atom. The van der Waals surface area contributed by atoms with Crippen LogP contribution in [-0.4, -0.2) is 36.3 Å². The lowest BCUT2D eigenvalue weighted by Gasteiger charge is -2.39. The third-order valence-corrected chi connectivity index (χ3v) is 5.96. The summed E-state index contributed by atoms with van der Waals surface area (Å²) in [5.74, 6) is -0.147. The summed E-state index contributed by atoms with van der Waals surface area (Å²) in [5.41, 5.74) is -2.09. The first-order valence-electron chi connectivity index (χ1n) is 11.5. The summed E-state index contributed by atoms with van der Waals surface area (Å²) in [6.07, 6.45) is 2.93. The molecule has 2 N–H and O–H groups in total. The smallest absolute Gasteiger partial charge is 0.418 e. The fourth-order valence-electron chi connectivity index (χ4n) is 4.31. The average Bonchev–Trinajstić information content (AvgIpc) is 3.23. The number of halogens is 4. The van der Waals surface area contributed by atoms with Crippen LogP contribution in [0.25, 0.3) is 0 Å². The van der Waals surface area contributed by atoms with E-state index in [1.54, 1.807) is 59.1 Å². The standard InChI is InChI=1S/C27H34F4N2O2/c1-7-11-20(22(8-2)32-10-4)23(9-3)33-17-26(34,27(29,30)31)16-25(5,6)21-15-19(28)14-18-12-13-35-24(18)21/h7-11,14-15,33-34H,2,12-13,16-17H2,1,3-6H3/b11-7-,22-20+,23-9+,32-10?. The van der Waals surface area contributed by atoms with Gasteiger partial charge in [-0.15, -0.1) is 0 Å². The number of hydrogen-bond acceptors (Lipinski definition) is 4. The lowest BCUT2D eigenvalue weighted by atomic mass is 9.74. The maximum absolute atomic E-state index is 14.3. The first kappa shape index (κ1) is 28.4. The maximum Gasteiger partial charge on any atom is 0.418 e. The van der Waals surface area contributed by atoms with Crippen molar-refractivity contribution < 1.29 is 27.4 Å². The molecule has 0 fully saturated rings. The van der Waals surface area contributed by atoms with Gasteiger partial charge in [-0.05, 0) is 50.8 Å². The molecule has 1 aromatic carbocycles. The summed E-state index contributed by atoms with van der Waals surface area (Å²) in [5, 5.41) is 13.8. The number of ether oxygens (including phenoxy) is 1. The molecule has 35 heavy (non-hydrogen) atoms. The van der Waals surface area contributed by atoms with Gasteiger partial charge in [0.2, 0.25) is 0 Å². The van der Waals surface area contributed by atoms with Gasteiger partial charge >= 0.3 is 6.18 Å². The second-order valence-electron chi connectivity index (χ2n) is 9.08. The summed E-state index contributed by atoms with van der Waals surface area (Å²) in [7, 11) is 0. The zero-order chi connectivity index (χ0) is 26.4. The van der Waals surface area contributed by atoms with E-state index < -0.39 is 36.0 Å². The van der Waals surface area contributed by atoms with Crippen molar-refractivity contribution >= 4 is 6.21 Å². The molecule has 1 heterocycles. The van der Waals surface area contributed by atoms with Crippen molar-refractivity contribution in [2.24, 2.45) is 4.99 Å². The largest absolute Gasteiger partial charge is 0.493 e. The molecule has 0 aromatic heterocycles. The lowest BCUT2D eigenvalue weighted by molar-refractivity contribution is -0.264. The number of hydrogen-bond donors (Lipinski definition) is 2. The Morgan fingerprint density at radius 2 is 1.91 bits per heavy atom. The molecule has 1 unspecified atom stereocenters. The van der Waals surface area contributed by atoms with E-state index in [0.717, 1.165) is 0 Å². The van der Waals surface area contributed by atoms with Crippen LogP contribution in [0.5, 0.6) is 5.75 Å². The van der Waals surface area contributed by atoms with Gasteiger partial charge in [-0.2, -0.15) is 13.2 Å². The molecule has 0 amide bonds. The monoisotopic (exact) mass is 494 g/mol. The molecule has 1 aliphatic rings. The van der Waals surface area contributed by atoms with Gasteiger partial charge in [0.25, 0.3) is 0 Å². The Hall–Kier alpha value is -2.87. The van der Waals surface area contributed by atoms with E-state index in [9.17, 15) is 22.7 Å². The summed E-state index contributed by atoms with van der Waals surface area (Å²) >= 11 is 0. The fraction of sp³-hybridized carbons (Fsp3) is 0.444. The third-order valence-electron chi connectivity index (χ3n) is 5.96. The van der Waals surface area contributed by atoms with Gasteiger partial charge < -0.3 is 15.2 Å². The van der Waals surface area contributed by atoms with Crippen LogP contribution in [0.4, 0.5) is 17.6 Å². The van der Waals surface area contributed by atoms with E-state index in [0.29, 0.717) is 46.9 Å². The topological polar surface area (TPSA) is 53.9 Å².